The van der Waals surface area contributed by atoms with E-state index < -0.39 is 5.82 Å². The summed E-state index contributed by atoms with van der Waals surface area (Å²) in [5.74, 6) is -1.13. The molecule has 20 heavy (non-hydrogen) atoms. The van der Waals surface area contributed by atoms with E-state index in [9.17, 15) is 14.0 Å². The van der Waals surface area contributed by atoms with E-state index >= 15 is 0 Å². The van der Waals surface area contributed by atoms with Crippen LogP contribution in [0.4, 0.5) is 10.1 Å². The second kappa shape index (κ2) is 6.00. The number of hydrogen-bond donors (Lipinski definition) is 2. The molecule has 6 heteroatoms. The molecule has 1 atom stereocenters. The smallest absolute Gasteiger partial charge is 0.253 e. The van der Waals surface area contributed by atoms with Crippen molar-refractivity contribution in [1.82, 2.24) is 4.90 Å². The first-order chi connectivity index (χ1) is 9.47. The molecule has 108 valence electrons. The molecular formula is C14H18FN3O2. The third-order valence-corrected chi connectivity index (χ3v) is 3.27. The summed E-state index contributed by atoms with van der Waals surface area (Å²) in [5, 5.41) is 2.37. The number of hydrogen-bond acceptors (Lipinski definition) is 3. The molecule has 3 N–H and O–H groups in total. The summed E-state index contributed by atoms with van der Waals surface area (Å²) in [7, 11) is 0. The van der Waals surface area contributed by atoms with Gasteiger partial charge in [0.25, 0.3) is 5.91 Å². The highest BCUT2D eigenvalue weighted by Gasteiger charge is 2.23. The van der Waals surface area contributed by atoms with Crippen molar-refractivity contribution in [3.63, 3.8) is 0 Å². The first-order valence-corrected chi connectivity index (χ1v) is 6.59. The summed E-state index contributed by atoms with van der Waals surface area (Å²) in [6, 6.07) is 3.95. The van der Waals surface area contributed by atoms with Crippen LogP contribution in [0.5, 0.6) is 0 Å². The standard InChI is InChI=1S/C14H18FN3O2/c1-9(19)17-13-7-10(4-5-12(13)15)14(20)18-6-2-3-11(16)8-18/h4-5,7,11H,2-3,6,8,16H2,1H3,(H,17,19). The van der Waals surface area contributed by atoms with Crippen molar-refractivity contribution in [2.45, 2.75) is 25.8 Å². The minimum Gasteiger partial charge on any atom is -0.337 e. The zero-order valence-electron chi connectivity index (χ0n) is 11.4. The van der Waals surface area contributed by atoms with E-state index in [0.29, 0.717) is 18.7 Å². The lowest BCUT2D eigenvalue weighted by Crippen LogP contribution is -2.45. The fraction of sp³-hybridized carbons (Fsp3) is 0.429. The minimum absolute atomic E-state index is 0.0111. The van der Waals surface area contributed by atoms with Gasteiger partial charge in [-0.25, -0.2) is 4.39 Å². The van der Waals surface area contributed by atoms with Gasteiger partial charge in [0.15, 0.2) is 0 Å². The highest BCUT2D eigenvalue weighted by molar-refractivity contribution is 5.97. The maximum Gasteiger partial charge on any atom is 0.253 e. The van der Waals surface area contributed by atoms with Crippen LogP contribution in [0.3, 0.4) is 0 Å². The van der Waals surface area contributed by atoms with Crippen molar-refractivity contribution in [3.8, 4) is 0 Å². The average molecular weight is 279 g/mol. The van der Waals surface area contributed by atoms with Gasteiger partial charge >= 0.3 is 0 Å². The number of anilines is 1. The molecule has 0 aliphatic carbocycles. The molecule has 0 radical (unpaired) electrons. The zero-order valence-corrected chi connectivity index (χ0v) is 11.4. The highest BCUT2D eigenvalue weighted by atomic mass is 19.1. The molecule has 0 aromatic heterocycles. The predicted octanol–water partition coefficient (Wildman–Crippen LogP) is 1.35. The van der Waals surface area contributed by atoms with Crippen molar-refractivity contribution >= 4 is 17.5 Å². The van der Waals surface area contributed by atoms with Crippen LogP contribution in [0.15, 0.2) is 18.2 Å². The maximum absolute atomic E-state index is 13.5. The quantitative estimate of drug-likeness (QED) is 0.858. The van der Waals surface area contributed by atoms with Gasteiger partial charge in [-0.05, 0) is 31.0 Å². The monoisotopic (exact) mass is 279 g/mol. The molecule has 1 aromatic rings. The normalized spacial score (nSPS) is 18.8. The molecule has 1 aromatic carbocycles. The fourth-order valence-electron chi connectivity index (χ4n) is 2.32. The Balaban J connectivity index is 2.19. The van der Waals surface area contributed by atoms with Crippen LogP contribution >= 0.6 is 0 Å². The van der Waals surface area contributed by atoms with Crippen LogP contribution < -0.4 is 11.1 Å². The van der Waals surface area contributed by atoms with Crippen molar-refractivity contribution in [1.29, 1.82) is 0 Å². The third-order valence-electron chi connectivity index (χ3n) is 3.27. The van der Waals surface area contributed by atoms with Crippen LogP contribution in [0, 0.1) is 5.82 Å². The lowest BCUT2D eigenvalue weighted by molar-refractivity contribution is -0.114. The van der Waals surface area contributed by atoms with E-state index in [1.54, 1.807) is 4.90 Å². The van der Waals surface area contributed by atoms with E-state index in [4.69, 9.17) is 5.73 Å². The molecule has 1 aliphatic heterocycles. The minimum atomic E-state index is -0.563. The zero-order chi connectivity index (χ0) is 14.7. The van der Waals surface area contributed by atoms with Crippen LogP contribution in [0.2, 0.25) is 0 Å². The van der Waals surface area contributed by atoms with Crippen molar-refractivity contribution < 1.29 is 14.0 Å². The SMILES string of the molecule is CC(=O)Nc1cc(C(=O)N2CCCC(N)C2)ccc1F. The highest BCUT2D eigenvalue weighted by Crippen LogP contribution is 2.19. The lowest BCUT2D eigenvalue weighted by atomic mass is 10.0. The molecule has 0 bridgehead atoms. The molecule has 1 heterocycles. The van der Waals surface area contributed by atoms with E-state index in [0.717, 1.165) is 12.8 Å². The van der Waals surface area contributed by atoms with E-state index in [1.165, 1.54) is 25.1 Å². The fourth-order valence-corrected chi connectivity index (χ4v) is 2.32. The summed E-state index contributed by atoms with van der Waals surface area (Å²) >= 11 is 0. The number of nitrogens with two attached hydrogens (primary N) is 1. The second-order valence-corrected chi connectivity index (χ2v) is 5.03. The Hall–Kier alpha value is -1.95. The Morgan fingerprint density at radius 3 is 2.85 bits per heavy atom. The Morgan fingerprint density at radius 1 is 1.45 bits per heavy atom. The summed E-state index contributed by atoms with van der Waals surface area (Å²) in [4.78, 5) is 25.0. The van der Waals surface area contributed by atoms with Crippen LogP contribution in [-0.2, 0) is 4.79 Å². The Labute approximate surface area is 116 Å². The molecule has 1 fully saturated rings. The van der Waals surface area contributed by atoms with Gasteiger partial charge < -0.3 is 16.0 Å². The van der Waals surface area contributed by atoms with Crippen LogP contribution in [0.25, 0.3) is 0 Å². The molecule has 1 saturated heterocycles. The number of rotatable bonds is 2. The molecular weight excluding hydrogens is 261 g/mol. The molecule has 5 nitrogen and oxygen atoms in total. The van der Waals surface area contributed by atoms with Crippen LogP contribution in [-0.4, -0.2) is 35.8 Å². The van der Waals surface area contributed by atoms with Crippen molar-refractivity contribution in [3.05, 3.63) is 29.6 Å². The molecule has 0 spiro atoms. The topological polar surface area (TPSA) is 75.4 Å². The Kier molecular flexibility index (Phi) is 4.34. The summed E-state index contributed by atoms with van der Waals surface area (Å²) in [5.41, 5.74) is 6.22. The van der Waals surface area contributed by atoms with E-state index in [2.05, 4.69) is 5.32 Å². The number of carbonyl (C=O) groups is 2. The van der Waals surface area contributed by atoms with Gasteiger partial charge in [0.2, 0.25) is 5.91 Å². The molecule has 1 unspecified atom stereocenters. The van der Waals surface area contributed by atoms with Crippen LogP contribution in [0.1, 0.15) is 30.1 Å². The Morgan fingerprint density at radius 2 is 2.20 bits per heavy atom. The first kappa shape index (κ1) is 14.5. The van der Waals surface area contributed by atoms with E-state index in [-0.39, 0.29) is 23.5 Å². The third kappa shape index (κ3) is 3.33. The number of carbonyl (C=O) groups excluding carboxylic acids is 2. The average Bonchev–Trinajstić information content (AvgIpc) is 2.40. The van der Waals surface area contributed by atoms with Crippen molar-refractivity contribution in [2.24, 2.45) is 5.73 Å². The number of nitrogens with one attached hydrogen (secondary N) is 1. The number of amides is 2. The molecule has 1 aliphatic rings. The summed E-state index contributed by atoms with van der Waals surface area (Å²) in [6.45, 7) is 2.45. The summed E-state index contributed by atoms with van der Waals surface area (Å²) in [6.07, 6.45) is 1.77. The van der Waals surface area contributed by atoms with Gasteiger partial charge in [-0.2, -0.15) is 0 Å². The summed E-state index contributed by atoms with van der Waals surface area (Å²) < 4.78 is 13.5. The predicted molar refractivity (Wildman–Crippen MR) is 73.8 cm³/mol. The Bertz CT molecular complexity index is 533. The number of halogens is 1. The molecule has 0 saturated carbocycles. The first-order valence-electron chi connectivity index (χ1n) is 6.59. The van der Waals surface area contributed by atoms with Gasteiger partial charge in [-0.1, -0.05) is 0 Å². The maximum atomic E-state index is 13.5. The van der Waals surface area contributed by atoms with Crippen molar-refractivity contribution in [2.75, 3.05) is 18.4 Å². The van der Waals surface area contributed by atoms with Gasteiger partial charge in [0.1, 0.15) is 5.82 Å². The van der Waals surface area contributed by atoms with Gasteiger partial charge in [-0.3, -0.25) is 9.59 Å². The largest absolute Gasteiger partial charge is 0.337 e. The van der Waals surface area contributed by atoms with Gasteiger partial charge in [0, 0.05) is 31.6 Å². The van der Waals surface area contributed by atoms with E-state index in [1.807, 2.05) is 0 Å². The second-order valence-electron chi connectivity index (χ2n) is 5.03. The molecule has 2 rings (SSSR count). The number of piperidine rings is 1. The molecule has 2 amide bonds. The van der Waals surface area contributed by atoms with Gasteiger partial charge in [0.05, 0.1) is 5.69 Å². The number of likely N-dealkylation sites (tertiary alicyclic amines) is 1. The van der Waals surface area contributed by atoms with Gasteiger partial charge in [-0.15, -0.1) is 0 Å². The lowest BCUT2D eigenvalue weighted by Gasteiger charge is -2.30. The number of benzene rings is 1. The number of nitrogens with zero attached hydrogens (tertiary/aromatic N) is 1.